The van der Waals surface area contributed by atoms with E-state index in [0.29, 0.717) is 5.52 Å². The topological polar surface area (TPSA) is 94.8 Å². The predicted octanol–water partition coefficient (Wildman–Crippen LogP) is 2.55. The molecule has 1 aromatic carbocycles. The molecule has 9 heteroatoms. The molecule has 1 N–H and O–H groups in total. The molecule has 0 unspecified atom stereocenters. The number of halogens is 1. The van der Waals surface area contributed by atoms with Gasteiger partial charge in [0.2, 0.25) is 11.8 Å². The number of aromatic nitrogens is 3. The normalized spacial score (nSPS) is 10.5. The summed E-state index contributed by atoms with van der Waals surface area (Å²) in [7, 11) is 0. The quantitative estimate of drug-likeness (QED) is 0.537. The number of anilines is 1. The fourth-order valence-corrected chi connectivity index (χ4v) is 2.23. The lowest BCUT2D eigenvalue weighted by molar-refractivity contribution is -0.145. The molecular formula is C17H15FN4O4. The van der Waals surface area contributed by atoms with Crippen molar-refractivity contribution < 1.29 is 23.5 Å². The number of ether oxygens (including phenoxy) is 2. The van der Waals surface area contributed by atoms with E-state index in [0.717, 1.165) is 6.07 Å². The van der Waals surface area contributed by atoms with Gasteiger partial charge in [-0.3, -0.25) is 9.59 Å². The summed E-state index contributed by atoms with van der Waals surface area (Å²) in [5.41, 5.74) is 0.776. The molecule has 134 valence electrons. The Balaban J connectivity index is 1.71. The first-order valence-electron chi connectivity index (χ1n) is 7.78. The SMILES string of the molecule is CCOC(=O)CC(=O)Nc1ccc(Oc2ncnn3cccc23)c(F)c1. The summed E-state index contributed by atoms with van der Waals surface area (Å²) in [5.74, 6) is -1.80. The molecule has 0 aliphatic heterocycles. The molecule has 8 nitrogen and oxygen atoms in total. The second-order valence-electron chi connectivity index (χ2n) is 5.18. The fourth-order valence-electron chi connectivity index (χ4n) is 2.23. The first-order valence-corrected chi connectivity index (χ1v) is 7.78. The Morgan fingerprint density at radius 2 is 2.15 bits per heavy atom. The van der Waals surface area contributed by atoms with Crippen LogP contribution in [0.5, 0.6) is 11.6 Å². The fraction of sp³-hybridized carbons (Fsp3) is 0.176. The number of carbonyl (C=O) groups is 2. The highest BCUT2D eigenvalue weighted by Gasteiger charge is 2.13. The van der Waals surface area contributed by atoms with Gasteiger partial charge in [0.25, 0.3) is 0 Å². The third-order valence-electron chi connectivity index (χ3n) is 3.33. The van der Waals surface area contributed by atoms with Crippen molar-refractivity contribution in [2.75, 3.05) is 11.9 Å². The van der Waals surface area contributed by atoms with Crippen LogP contribution < -0.4 is 10.1 Å². The average molecular weight is 358 g/mol. The van der Waals surface area contributed by atoms with Gasteiger partial charge in [0.1, 0.15) is 18.3 Å². The number of carbonyl (C=O) groups excluding carboxylic acids is 2. The molecule has 0 bridgehead atoms. The number of fused-ring (bicyclic) bond motifs is 1. The molecular weight excluding hydrogens is 343 g/mol. The Labute approximate surface area is 147 Å². The van der Waals surface area contributed by atoms with E-state index < -0.39 is 24.1 Å². The highest BCUT2D eigenvalue weighted by molar-refractivity contribution is 6.01. The molecule has 2 aromatic heterocycles. The van der Waals surface area contributed by atoms with Crippen LogP contribution in [-0.4, -0.2) is 33.1 Å². The number of nitrogens with zero attached hydrogens (tertiary/aromatic N) is 3. The van der Waals surface area contributed by atoms with Crippen LogP contribution in [0.3, 0.4) is 0 Å². The number of amides is 1. The van der Waals surface area contributed by atoms with Crippen molar-refractivity contribution in [3.8, 4) is 11.6 Å². The molecule has 0 spiro atoms. The zero-order valence-corrected chi connectivity index (χ0v) is 13.8. The van der Waals surface area contributed by atoms with E-state index >= 15 is 0 Å². The third kappa shape index (κ3) is 3.94. The summed E-state index contributed by atoms with van der Waals surface area (Å²) < 4.78 is 26.0. The molecule has 0 aliphatic carbocycles. The van der Waals surface area contributed by atoms with E-state index in [2.05, 4.69) is 20.1 Å². The first kappa shape index (κ1) is 17.3. The highest BCUT2D eigenvalue weighted by atomic mass is 19.1. The van der Waals surface area contributed by atoms with Crippen LogP contribution in [0.15, 0.2) is 42.9 Å². The minimum Gasteiger partial charge on any atom is -0.466 e. The molecule has 0 radical (unpaired) electrons. The van der Waals surface area contributed by atoms with Gasteiger partial charge >= 0.3 is 5.97 Å². The molecule has 2 heterocycles. The summed E-state index contributed by atoms with van der Waals surface area (Å²) in [6, 6.07) is 7.40. The Morgan fingerprint density at radius 3 is 2.92 bits per heavy atom. The molecule has 3 aromatic rings. The van der Waals surface area contributed by atoms with Gasteiger partial charge in [-0.05, 0) is 31.2 Å². The standard InChI is InChI=1S/C17H15FN4O4/c1-2-25-16(24)9-15(23)21-11-5-6-14(12(18)8-11)26-17-13-4-3-7-22(13)20-10-19-17/h3-8,10H,2,9H2,1H3,(H,21,23). The summed E-state index contributed by atoms with van der Waals surface area (Å²) in [5, 5.41) is 6.42. The van der Waals surface area contributed by atoms with Crippen molar-refractivity contribution in [2.24, 2.45) is 0 Å². The monoisotopic (exact) mass is 358 g/mol. The Bertz CT molecular complexity index is 957. The summed E-state index contributed by atoms with van der Waals surface area (Å²) in [4.78, 5) is 27.0. The van der Waals surface area contributed by atoms with E-state index in [1.54, 1.807) is 29.8 Å². The smallest absolute Gasteiger partial charge is 0.315 e. The minimum atomic E-state index is -0.692. The largest absolute Gasteiger partial charge is 0.466 e. The maximum Gasteiger partial charge on any atom is 0.315 e. The number of benzene rings is 1. The van der Waals surface area contributed by atoms with Crippen molar-refractivity contribution in [3.05, 3.63) is 48.7 Å². The van der Waals surface area contributed by atoms with E-state index in [9.17, 15) is 14.0 Å². The molecule has 26 heavy (non-hydrogen) atoms. The van der Waals surface area contributed by atoms with Crippen LogP contribution in [0.4, 0.5) is 10.1 Å². The molecule has 0 fully saturated rings. The lowest BCUT2D eigenvalue weighted by atomic mass is 10.2. The zero-order chi connectivity index (χ0) is 18.5. The lowest BCUT2D eigenvalue weighted by Crippen LogP contribution is -2.18. The van der Waals surface area contributed by atoms with Crippen LogP contribution in [0.2, 0.25) is 0 Å². The van der Waals surface area contributed by atoms with E-state index in [1.165, 1.54) is 18.5 Å². The van der Waals surface area contributed by atoms with Gasteiger partial charge < -0.3 is 14.8 Å². The number of hydrogen-bond donors (Lipinski definition) is 1. The van der Waals surface area contributed by atoms with Crippen molar-refractivity contribution in [1.29, 1.82) is 0 Å². The van der Waals surface area contributed by atoms with Crippen molar-refractivity contribution >= 4 is 23.1 Å². The molecule has 0 saturated heterocycles. The highest BCUT2D eigenvalue weighted by Crippen LogP contribution is 2.27. The van der Waals surface area contributed by atoms with Gasteiger partial charge in [0.15, 0.2) is 11.6 Å². The molecule has 0 aliphatic rings. The minimum absolute atomic E-state index is 0.0600. The van der Waals surface area contributed by atoms with Gasteiger partial charge in [0, 0.05) is 18.0 Å². The van der Waals surface area contributed by atoms with E-state index in [4.69, 9.17) is 4.74 Å². The Hall–Kier alpha value is -3.49. The third-order valence-corrected chi connectivity index (χ3v) is 3.33. The average Bonchev–Trinajstić information content (AvgIpc) is 3.07. The van der Waals surface area contributed by atoms with Gasteiger partial charge in [-0.2, -0.15) is 10.1 Å². The predicted molar refractivity (Wildman–Crippen MR) is 89.3 cm³/mol. The zero-order valence-electron chi connectivity index (χ0n) is 13.8. The summed E-state index contributed by atoms with van der Waals surface area (Å²) in [6.07, 6.45) is 2.56. The summed E-state index contributed by atoms with van der Waals surface area (Å²) in [6.45, 7) is 1.83. The maximum atomic E-state index is 14.3. The van der Waals surface area contributed by atoms with E-state index in [-0.39, 0.29) is 23.9 Å². The molecule has 1 amide bonds. The molecule has 3 rings (SSSR count). The first-order chi connectivity index (χ1) is 12.6. The molecule has 0 atom stereocenters. The lowest BCUT2D eigenvalue weighted by Gasteiger charge is -2.09. The number of hydrogen-bond acceptors (Lipinski definition) is 6. The Morgan fingerprint density at radius 1 is 1.31 bits per heavy atom. The van der Waals surface area contributed by atoms with Crippen molar-refractivity contribution in [3.63, 3.8) is 0 Å². The molecule has 0 saturated carbocycles. The van der Waals surface area contributed by atoms with E-state index in [1.807, 2.05) is 0 Å². The van der Waals surface area contributed by atoms with Gasteiger partial charge in [0.05, 0.1) is 6.61 Å². The number of esters is 1. The summed E-state index contributed by atoms with van der Waals surface area (Å²) >= 11 is 0. The Kier molecular flexibility index (Phi) is 5.07. The second-order valence-corrected chi connectivity index (χ2v) is 5.18. The van der Waals surface area contributed by atoms with Gasteiger partial charge in [-0.1, -0.05) is 0 Å². The van der Waals surface area contributed by atoms with Crippen molar-refractivity contribution in [1.82, 2.24) is 14.6 Å². The van der Waals surface area contributed by atoms with Crippen LogP contribution in [0, 0.1) is 5.82 Å². The number of nitrogens with one attached hydrogen (secondary N) is 1. The van der Waals surface area contributed by atoms with Crippen LogP contribution >= 0.6 is 0 Å². The number of rotatable bonds is 6. The van der Waals surface area contributed by atoms with Gasteiger partial charge in [-0.25, -0.2) is 8.91 Å². The van der Waals surface area contributed by atoms with Crippen molar-refractivity contribution in [2.45, 2.75) is 13.3 Å². The maximum absolute atomic E-state index is 14.3. The van der Waals surface area contributed by atoms with Crippen LogP contribution in [0.25, 0.3) is 5.52 Å². The van der Waals surface area contributed by atoms with Gasteiger partial charge in [-0.15, -0.1) is 0 Å². The van der Waals surface area contributed by atoms with Crippen LogP contribution in [0.1, 0.15) is 13.3 Å². The van der Waals surface area contributed by atoms with Crippen LogP contribution in [-0.2, 0) is 14.3 Å². The second kappa shape index (κ2) is 7.60.